The first-order valence-electron chi connectivity index (χ1n) is 40.2. The van der Waals surface area contributed by atoms with Gasteiger partial charge in [-0.3, -0.25) is 41.2 Å². The third-order valence-corrected chi connectivity index (χ3v) is 28.4. The third kappa shape index (κ3) is 27.2. The van der Waals surface area contributed by atoms with Crippen LogP contribution in [0.25, 0.3) is 44.7 Å². The fourth-order valence-corrected chi connectivity index (χ4v) is 20.9. The highest BCUT2D eigenvalue weighted by molar-refractivity contribution is 7.66. The maximum Gasteiger partial charge on any atom is 0.490 e. The lowest BCUT2D eigenvalue weighted by Gasteiger charge is -2.25. The number of phosphoric acid groups is 6. The molecule has 70 heteroatoms. The molecule has 137 heavy (non-hydrogen) atoms. The number of aliphatic hydroxyl groups excluding tert-OH is 4. The smallest absolute Gasteiger partial charge is 0.462 e. The largest absolute Gasteiger partial charge is 0.490 e. The second-order valence-corrected chi connectivity index (χ2v) is 42.3. The molecule has 0 amide bonds. The number of para-hydroxylation sites is 1. The van der Waals surface area contributed by atoms with E-state index in [9.17, 15) is 85.0 Å². The van der Waals surface area contributed by atoms with Crippen LogP contribution in [0.2, 0.25) is 0 Å². The Morgan fingerprint density at radius 3 is 1.09 bits per heavy atom. The predicted octanol–water partition coefficient (Wildman–Crippen LogP) is 2.39. The van der Waals surface area contributed by atoms with Gasteiger partial charge in [0.1, 0.15) is 79.5 Å². The number of nitrogens with one attached hydrogen (secondary N) is 1. The molecule has 13 rings (SSSR count). The van der Waals surface area contributed by atoms with Crippen LogP contribution in [0.15, 0.2) is 55.6 Å². The summed E-state index contributed by atoms with van der Waals surface area (Å²) >= 11 is 0. The van der Waals surface area contributed by atoms with Gasteiger partial charge in [0.15, 0.2) is 79.8 Å². The van der Waals surface area contributed by atoms with E-state index in [2.05, 4.69) is 91.4 Å². The zero-order valence-electron chi connectivity index (χ0n) is 74.9. The van der Waals surface area contributed by atoms with Gasteiger partial charge in [-0.15, -0.1) is 0 Å². The maximum atomic E-state index is 16.0. The number of nitrogens with two attached hydrogens (primary N) is 4. The number of alkyl halides is 4. The molecule has 4 saturated heterocycles. The van der Waals surface area contributed by atoms with Gasteiger partial charge < -0.3 is 135 Å². The average molecular weight is 2100 g/mol. The van der Waals surface area contributed by atoms with Gasteiger partial charge in [0, 0.05) is 56.4 Å². The second-order valence-electron chi connectivity index (χ2n) is 32.1. The van der Waals surface area contributed by atoms with E-state index in [1.54, 1.807) is 120 Å². The first-order valence-corrected chi connectivity index (χ1v) is 50.8. The number of imidazole rings is 4. The number of nitrogen functional groups attached to an aromatic ring is 4. The number of carbonyl (C=O) groups is 1. The van der Waals surface area contributed by atoms with Crippen LogP contribution in [0, 0.1) is 17.8 Å². The summed E-state index contributed by atoms with van der Waals surface area (Å²) in [7, 11) is -22.6. The molecule has 59 nitrogen and oxygen atoms in total. The van der Waals surface area contributed by atoms with E-state index in [4.69, 9.17) is 85.0 Å². The summed E-state index contributed by atoms with van der Waals surface area (Å²) in [5, 5.41) is 45.1. The van der Waals surface area contributed by atoms with E-state index in [0.717, 1.165) is 13.8 Å². The Bertz CT molecular complexity index is 6090. The number of benzene rings is 1. The fraction of sp³-hybridized carbons (Fsp3) is 0.597. The standard InChI is InChI=1S/C25H35FN7O7P.C14H24FN6O12P3.C14H23FN6O9P2.C14H22FN6O6P/c1-14(2)38-22(35)15(3)31-41(36,40-16-10-8-7-9-11-16)37-12-17-19(34)25(4,26)23(39-17)33-13-28-18-20(32(5)6)29-24(27)30-21(18)33;1-6(15)8-10(22)7(4-30-35(26,27)33-36(28,29)32-34(23,24)25)31-13(8)21-5-17-9-11(20(2)3)18-14(16)19-12(9)21;1-6(15)8-10(22)7(4-28-32(26,27)30-31(23,24)25)29-13(8)21-5-17-9-11(20(2)3)18-14(16)19-12(9)21;1-6(15)8-10(22)7(4-26-28(23,24)25)27-13(8)21-5-17-9-11(20(2)3)18-14(16)19-12(9)21/h7-11,13-15,17,19,23,34H,12H2,1-6H3,(H,31,36)(H2,27,29,30);5-8,10,13,22H,4H2,1-3H3,(H,26,27)(H,28,29)(H2,16,18,19)(H2,23,24,25);5-8,10,13,22H,4H2,1-3H3,(H,26,27)(H2,16,18,19)(H2,23,24,25);5-8,10,13,22H,4H2,1-3H3,(H2,16,18,19)(H2,23,24,25)/t15-,17+,19+,23+,25+,41-;3*6-,7-,8?,10-,13-/m0111/s1. The summed E-state index contributed by atoms with van der Waals surface area (Å²) in [4.78, 5) is 150. The minimum absolute atomic E-state index is 0.0253. The summed E-state index contributed by atoms with van der Waals surface area (Å²) < 4.78 is 210. The Hall–Kier alpha value is -8.58. The van der Waals surface area contributed by atoms with Crippen LogP contribution < -0.4 is 52.1 Å². The van der Waals surface area contributed by atoms with Crippen molar-refractivity contribution in [1.82, 2.24) is 83.2 Å². The number of nitrogens with zero attached hydrogens (tertiary/aromatic N) is 20. The summed E-state index contributed by atoms with van der Waals surface area (Å²) in [5.41, 5.74) is 23.0. The number of ether oxygens (including phenoxy) is 5. The molecule has 0 saturated carbocycles. The molecule has 6 unspecified atom stereocenters. The number of esters is 1. The van der Waals surface area contributed by atoms with E-state index in [1.165, 1.54) is 64.3 Å². The SMILES string of the molecule is CC(C)OC(=O)[C@H](C)N[P@](=O)(OC[C@H]1O[C@@H](n2cnc3c(N(C)C)nc(N)nc32)[C@](C)(F)[C@@H]1O)Oc1ccccc1.C[C@@H](F)C1[C@H](n2cnc3c(N(C)C)nc(N)nc32)O[C@H](COP(=O)(O)O)[C@H]1O.C[C@@H](F)C1[C@H](n2cnc3c(N(C)C)nc(N)nc32)O[C@H](COP(=O)(O)OP(=O)(O)O)[C@H]1O.C[C@@H](F)C1[C@H](n2cnc3c(N(C)C)nc(N)nc32)O[C@H](COP(=O)(O)OP(=O)(O)OP(=O)(O)O)[C@H]1O. The Balaban J connectivity index is 0.000000190. The molecule has 4 fully saturated rings. The van der Waals surface area contributed by atoms with Gasteiger partial charge in [-0.1, -0.05) is 18.2 Å². The highest BCUT2D eigenvalue weighted by Crippen LogP contribution is 2.67. The number of rotatable bonds is 35. The van der Waals surface area contributed by atoms with Crippen LogP contribution in [0.4, 0.5) is 64.6 Å². The number of aromatic nitrogens is 16. The van der Waals surface area contributed by atoms with Crippen molar-refractivity contribution in [2.75, 3.05) is 125 Å². The fourth-order valence-electron chi connectivity index (χ4n) is 14.4. The topological polar surface area (TPSA) is 823 Å². The van der Waals surface area contributed by atoms with Crippen LogP contribution in [-0.4, -0.2) is 316 Å². The van der Waals surface area contributed by atoms with Gasteiger partial charge in [-0.2, -0.15) is 57.9 Å². The number of hydrogen-bond acceptors (Lipinski definition) is 45. The molecular weight excluding hydrogens is 1990 g/mol. The van der Waals surface area contributed by atoms with E-state index in [0.29, 0.717) is 39.8 Å². The van der Waals surface area contributed by atoms with Gasteiger partial charge in [-0.25, -0.2) is 69.5 Å². The summed E-state index contributed by atoms with van der Waals surface area (Å²) in [6, 6.07) is 7.06. The molecule has 0 aliphatic carbocycles. The summed E-state index contributed by atoms with van der Waals surface area (Å²) in [5.74, 6) is -2.67. The van der Waals surface area contributed by atoms with Crippen LogP contribution >= 0.6 is 54.7 Å². The molecule has 4 aliphatic rings. The summed E-state index contributed by atoms with van der Waals surface area (Å²) in [6.45, 7) is 6.55. The molecule has 8 aromatic heterocycles. The number of aliphatic hydroxyl groups is 4. The number of halogens is 4. The first-order chi connectivity index (χ1) is 63.3. The number of carbonyl (C=O) groups excluding carboxylic acids is 1. The molecule has 1 aromatic carbocycles. The molecule has 12 heterocycles. The second kappa shape index (κ2) is 43.5. The van der Waals surface area contributed by atoms with Crippen molar-refractivity contribution in [1.29, 1.82) is 0 Å². The quantitative estimate of drug-likeness (QED) is 0.0154. The van der Waals surface area contributed by atoms with Crippen LogP contribution in [-0.2, 0) is 91.5 Å². The molecule has 0 bridgehead atoms. The van der Waals surface area contributed by atoms with Gasteiger partial charge in [0.05, 0.1) is 93.9 Å². The monoisotopic (exact) mass is 2100 g/mol. The Morgan fingerprint density at radius 1 is 0.453 bits per heavy atom. The number of hydrogen-bond donors (Lipinski definition) is 18. The molecule has 9 aromatic rings. The van der Waals surface area contributed by atoms with Gasteiger partial charge >= 0.3 is 60.7 Å². The summed E-state index contributed by atoms with van der Waals surface area (Å²) in [6.07, 6.45) is -16.4. The molecule has 24 atom stereocenters. The molecule has 764 valence electrons. The van der Waals surface area contributed by atoms with Crippen molar-refractivity contribution in [2.45, 2.75) is 159 Å². The number of fused-ring (bicyclic) bond motifs is 4. The van der Waals surface area contributed by atoms with Crippen LogP contribution in [0.5, 0.6) is 5.75 Å². The lowest BCUT2D eigenvalue weighted by atomic mass is 9.95. The highest BCUT2D eigenvalue weighted by Gasteiger charge is 2.58. The Morgan fingerprint density at radius 2 is 0.766 bits per heavy atom. The lowest BCUT2D eigenvalue weighted by Crippen LogP contribution is -2.41. The van der Waals surface area contributed by atoms with E-state index in [-0.39, 0.29) is 57.6 Å². The zero-order chi connectivity index (χ0) is 102. The van der Waals surface area contributed by atoms with Crippen molar-refractivity contribution < 1.29 is 178 Å². The molecule has 0 radical (unpaired) electrons. The Kier molecular flexibility index (Phi) is 35.0. The van der Waals surface area contributed by atoms with Crippen molar-refractivity contribution in [2.24, 2.45) is 17.8 Å². The van der Waals surface area contributed by atoms with E-state index in [1.807, 2.05) is 0 Å². The van der Waals surface area contributed by atoms with Gasteiger partial charge in [0.2, 0.25) is 23.8 Å². The molecular formula is C67H104F4N25O34P7. The minimum Gasteiger partial charge on any atom is -0.462 e. The number of phosphoric ester groups is 3. The zero-order valence-corrected chi connectivity index (χ0v) is 81.1. The Labute approximate surface area is 773 Å². The van der Waals surface area contributed by atoms with Crippen LogP contribution in [0.1, 0.15) is 73.4 Å². The van der Waals surface area contributed by atoms with Crippen molar-refractivity contribution in [3.05, 3.63) is 55.6 Å². The lowest BCUT2D eigenvalue weighted by molar-refractivity contribution is -0.149. The van der Waals surface area contributed by atoms with Crippen molar-refractivity contribution in [3.63, 3.8) is 0 Å². The van der Waals surface area contributed by atoms with Crippen molar-refractivity contribution >= 4 is 152 Å². The average Bonchev–Trinajstić information content (AvgIpc) is 1.59. The predicted molar refractivity (Wildman–Crippen MR) is 469 cm³/mol. The van der Waals surface area contributed by atoms with Crippen molar-refractivity contribution in [3.8, 4) is 5.75 Å². The minimum atomic E-state index is -5.74. The normalized spacial score (nSPS) is 26.2. The first kappa shape index (κ1) is 110. The van der Waals surface area contributed by atoms with Gasteiger partial charge in [0.25, 0.3) is 0 Å². The molecule has 22 N–H and O–H groups in total. The van der Waals surface area contributed by atoms with E-state index < -0.39 is 215 Å². The highest BCUT2D eigenvalue weighted by atomic mass is 31.3. The maximum absolute atomic E-state index is 16.0. The molecule has 0 spiro atoms. The van der Waals surface area contributed by atoms with Crippen LogP contribution in [0.3, 0.4) is 0 Å². The molecule has 4 aliphatic heterocycles. The third-order valence-electron chi connectivity index (χ3n) is 20.3. The van der Waals surface area contributed by atoms with Gasteiger partial charge in [-0.05, 0) is 60.6 Å². The number of anilines is 8. The van der Waals surface area contributed by atoms with E-state index >= 15 is 4.39 Å².